The molecule has 9 heteroatoms. The molecule has 0 radical (unpaired) electrons. The second-order valence-electron chi connectivity index (χ2n) is 3.41. The van der Waals surface area contributed by atoms with E-state index in [1.165, 1.54) is 0 Å². The smallest absolute Gasteiger partial charge is 0.346 e. The molecule has 1 aromatic rings. The predicted molar refractivity (Wildman–Crippen MR) is 57.5 cm³/mol. The van der Waals surface area contributed by atoms with Crippen molar-refractivity contribution in [2.75, 3.05) is 6.61 Å². The number of ether oxygens (including phenoxy) is 1. The SMILES string of the molecule is CCOC(=O)CC(O)C(O)c1nc[nH]c1[N+](=O)[O-]. The fourth-order valence-electron chi connectivity index (χ4n) is 1.35. The van der Waals surface area contributed by atoms with Gasteiger partial charge in [-0.05, 0) is 11.8 Å². The van der Waals surface area contributed by atoms with E-state index >= 15 is 0 Å². The third-order valence-corrected chi connectivity index (χ3v) is 2.16. The van der Waals surface area contributed by atoms with Gasteiger partial charge in [0.2, 0.25) is 0 Å². The predicted octanol–water partition coefficient (Wildman–Crippen LogP) is -0.335. The van der Waals surface area contributed by atoms with Crippen molar-refractivity contribution in [2.24, 2.45) is 0 Å². The van der Waals surface area contributed by atoms with Gasteiger partial charge in [-0.1, -0.05) is 0 Å². The van der Waals surface area contributed by atoms with Gasteiger partial charge < -0.3 is 25.1 Å². The van der Waals surface area contributed by atoms with E-state index in [0.29, 0.717) is 0 Å². The molecule has 0 spiro atoms. The largest absolute Gasteiger partial charge is 0.466 e. The first kappa shape index (κ1) is 14.1. The van der Waals surface area contributed by atoms with Crippen LogP contribution in [-0.2, 0) is 9.53 Å². The molecule has 0 fully saturated rings. The number of rotatable bonds is 6. The van der Waals surface area contributed by atoms with Crippen LogP contribution < -0.4 is 0 Å². The Kier molecular flexibility index (Phi) is 4.75. The zero-order valence-electron chi connectivity index (χ0n) is 9.57. The highest BCUT2D eigenvalue weighted by molar-refractivity contribution is 5.70. The van der Waals surface area contributed by atoms with Crippen LogP contribution >= 0.6 is 0 Å². The van der Waals surface area contributed by atoms with Crippen molar-refractivity contribution in [1.82, 2.24) is 9.97 Å². The van der Waals surface area contributed by atoms with Crippen LogP contribution in [0.4, 0.5) is 5.82 Å². The first-order valence-corrected chi connectivity index (χ1v) is 5.16. The van der Waals surface area contributed by atoms with E-state index in [4.69, 9.17) is 0 Å². The van der Waals surface area contributed by atoms with Crippen molar-refractivity contribution < 1.29 is 24.7 Å². The number of nitro groups is 1. The number of hydrogen-bond acceptors (Lipinski definition) is 7. The van der Waals surface area contributed by atoms with E-state index in [2.05, 4.69) is 14.7 Å². The lowest BCUT2D eigenvalue weighted by Crippen LogP contribution is -2.24. The topological polar surface area (TPSA) is 139 Å². The molecule has 3 N–H and O–H groups in total. The molecule has 1 aromatic heterocycles. The molecule has 0 bridgehead atoms. The number of H-pyrrole nitrogens is 1. The van der Waals surface area contributed by atoms with Gasteiger partial charge in [-0.3, -0.25) is 4.79 Å². The molecule has 0 saturated carbocycles. The highest BCUT2D eigenvalue weighted by atomic mass is 16.6. The molecule has 1 heterocycles. The number of nitrogens with zero attached hydrogens (tertiary/aromatic N) is 2. The van der Waals surface area contributed by atoms with Gasteiger partial charge in [0.05, 0.1) is 19.1 Å². The lowest BCUT2D eigenvalue weighted by atomic mass is 10.1. The Labute approximate surface area is 102 Å². The zero-order valence-corrected chi connectivity index (χ0v) is 9.57. The second-order valence-corrected chi connectivity index (χ2v) is 3.41. The maximum atomic E-state index is 11.1. The number of imidazole rings is 1. The first-order valence-electron chi connectivity index (χ1n) is 5.16. The van der Waals surface area contributed by atoms with Gasteiger partial charge in [0.25, 0.3) is 0 Å². The summed E-state index contributed by atoms with van der Waals surface area (Å²) in [6.07, 6.45) is -2.61. The third kappa shape index (κ3) is 3.25. The average molecular weight is 259 g/mol. The summed E-state index contributed by atoms with van der Waals surface area (Å²) in [6, 6.07) is 0. The standard InChI is InChI=1S/C9H13N3O6/c1-2-18-6(14)3-5(13)8(15)7-9(12(16)17)11-4-10-7/h4-5,8,13,15H,2-3H2,1H3,(H,10,11). The first-order chi connectivity index (χ1) is 8.47. The number of carbonyl (C=O) groups is 1. The van der Waals surface area contributed by atoms with E-state index in [0.717, 1.165) is 6.33 Å². The van der Waals surface area contributed by atoms with Crippen molar-refractivity contribution in [2.45, 2.75) is 25.6 Å². The van der Waals surface area contributed by atoms with Gasteiger partial charge in [0.1, 0.15) is 6.10 Å². The van der Waals surface area contributed by atoms with Crippen LogP contribution in [0.2, 0.25) is 0 Å². The summed E-state index contributed by atoms with van der Waals surface area (Å²) in [5.74, 6) is -1.23. The van der Waals surface area contributed by atoms with E-state index in [1.54, 1.807) is 6.92 Å². The summed E-state index contributed by atoms with van der Waals surface area (Å²) in [6.45, 7) is 1.74. The molecule has 0 amide bonds. The van der Waals surface area contributed by atoms with Crippen molar-refractivity contribution in [3.05, 3.63) is 22.1 Å². The molecule has 1 rings (SSSR count). The van der Waals surface area contributed by atoms with Crippen molar-refractivity contribution in [1.29, 1.82) is 0 Å². The van der Waals surface area contributed by atoms with Crippen LogP contribution in [0.1, 0.15) is 25.1 Å². The summed E-state index contributed by atoms with van der Waals surface area (Å²) < 4.78 is 4.59. The molecule has 0 aliphatic heterocycles. The van der Waals surface area contributed by atoms with Crippen LogP contribution in [0.25, 0.3) is 0 Å². The molecule has 0 aromatic carbocycles. The number of aliphatic hydroxyl groups excluding tert-OH is 2. The average Bonchev–Trinajstić information content (AvgIpc) is 2.76. The molecule has 2 atom stereocenters. The van der Waals surface area contributed by atoms with E-state index < -0.39 is 35.3 Å². The lowest BCUT2D eigenvalue weighted by Gasteiger charge is -2.14. The molecule has 100 valence electrons. The number of aromatic amines is 1. The summed E-state index contributed by atoms with van der Waals surface area (Å²) in [5, 5.41) is 29.8. The van der Waals surface area contributed by atoms with Crippen LogP contribution in [0.5, 0.6) is 0 Å². The Hall–Kier alpha value is -2.00. The number of aliphatic hydroxyl groups is 2. The number of hydrogen-bond donors (Lipinski definition) is 3. The van der Waals surface area contributed by atoms with Gasteiger partial charge in [-0.15, -0.1) is 0 Å². The Morgan fingerprint density at radius 3 is 2.89 bits per heavy atom. The van der Waals surface area contributed by atoms with Crippen molar-refractivity contribution in [3.8, 4) is 0 Å². The molecule has 18 heavy (non-hydrogen) atoms. The van der Waals surface area contributed by atoms with Crippen molar-refractivity contribution in [3.63, 3.8) is 0 Å². The van der Waals surface area contributed by atoms with Crippen molar-refractivity contribution >= 4 is 11.8 Å². The van der Waals surface area contributed by atoms with Crippen LogP contribution in [0.15, 0.2) is 6.33 Å². The third-order valence-electron chi connectivity index (χ3n) is 2.16. The van der Waals surface area contributed by atoms with E-state index in [-0.39, 0.29) is 12.3 Å². The lowest BCUT2D eigenvalue weighted by molar-refractivity contribution is -0.390. The molecule has 0 aliphatic rings. The van der Waals surface area contributed by atoms with Gasteiger partial charge in [-0.2, -0.15) is 0 Å². The van der Waals surface area contributed by atoms with Crippen LogP contribution in [0.3, 0.4) is 0 Å². The highest BCUT2D eigenvalue weighted by Crippen LogP contribution is 2.24. The minimum Gasteiger partial charge on any atom is -0.466 e. The molecule has 9 nitrogen and oxygen atoms in total. The monoisotopic (exact) mass is 259 g/mol. The maximum Gasteiger partial charge on any atom is 0.346 e. The number of carbonyl (C=O) groups excluding carboxylic acids is 1. The fourth-order valence-corrected chi connectivity index (χ4v) is 1.35. The van der Waals surface area contributed by atoms with E-state index in [9.17, 15) is 25.1 Å². The Bertz CT molecular complexity index is 432. The fraction of sp³-hybridized carbons (Fsp3) is 0.556. The van der Waals surface area contributed by atoms with Gasteiger partial charge in [0.15, 0.2) is 12.0 Å². The minimum atomic E-state index is -1.64. The molecular formula is C9H13N3O6. The normalized spacial score (nSPS) is 13.9. The summed E-state index contributed by atoms with van der Waals surface area (Å²) >= 11 is 0. The van der Waals surface area contributed by atoms with E-state index in [1.807, 2.05) is 0 Å². The molecular weight excluding hydrogens is 246 g/mol. The second kappa shape index (κ2) is 6.07. The molecule has 0 saturated heterocycles. The van der Waals surface area contributed by atoms with Gasteiger partial charge in [0, 0.05) is 0 Å². The zero-order chi connectivity index (χ0) is 13.7. The van der Waals surface area contributed by atoms with Crippen LogP contribution in [0, 0.1) is 10.1 Å². The minimum absolute atomic E-state index is 0.143. The number of nitrogens with one attached hydrogen (secondary N) is 1. The maximum absolute atomic E-state index is 11.1. The number of esters is 1. The molecule has 2 unspecified atom stereocenters. The summed E-state index contributed by atoms with van der Waals surface area (Å²) in [5.41, 5.74) is -0.322. The molecule has 0 aliphatic carbocycles. The van der Waals surface area contributed by atoms with Gasteiger partial charge in [-0.25, -0.2) is 9.97 Å². The van der Waals surface area contributed by atoms with Gasteiger partial charge >= 0.3 is 11.8 Å². The summed E-state index contributed by atoms with van der Waals surface area (Å²) in [7, 11) is 0. The summed E-state index contributed by atoms with van der Waals surface area (Å²) in [4.78, 5) is 26.7. The quantitative estimate of drug-likeness (QED) is 0.361. The number of aromatic nitrogens is 2. The Balaban J connectivity index is 2.74. The Morgan fingerprint density at radius 1 is 1.67 bits per heavy atom. The highest BCUT2D eigenvalue weighted by Gasteiger charge is 2.30. The van der Waals surface area contributed by atoms with Crippen LogP contribution in [-0.4, -0.2) is 43.8 Å². The Morgan fingerprint density at radius 2 is 2.33 bits per heavy atom.